The molecule has 4 nitrogen and oxygen atoms in total. The first-order chi connectivity index (χ1) is 15.5. The second-order valence-corrected chi connectivity index (χ2v) is 8.95. The van der Waals surface area contributed by atoms with Gasteiger partial charge in [0.05, 0.1) is 6.61 Å². The molecule has 0 saturated carbocycles. The van der Waals surface area contributed by atoms with Gasteiger partial charge in [-0.05, 0) is 37.5 Å². The minimum Gasteiger partial charge on any atom is -0.359 e. The van der Waals surface area contributed by atoms with E-state index in [1.54, 1.807) is 0 Å². The summed E-state index contributed by atoms with van der Waals surface area (Å²) in [7, 11) is 0. The highest BCUT2D eigenvalue weighted by atomic mass is 16.8. The summed E-state index contributed by atoms with van der Waals surface area (Å²) in [6.07, 6.45) is -0.247. The zero-order valence-electron chi connectivity index (χ0n) is 18.8. The van der Waals surface area contributed by atoms with Crippen LogP contribution in [0.4, 0.5) is 0 Å². The van der Waals surface area contributed by atoms with Gasteiger partial charge in [0.15, 0.2) is 5.79 Å². The lowest BCUT2D eigenvalue weighted by Crippen LogP contribution is -2.39. The smallest absolute Gasteiger partial charge is 0.164 e. The molecule has 0 unspecified atom stereocenters. The summed E-state index contributed by atoms with van der Waals surface area (Å²) < 4.78 is 19.3. The summed E-state index contributed by atoms with van der Waals surface area (Å²) in [4.78, 5) is 4.86. The molecule has 0 bridgehead atoms. The van der Waals surface area contributed by atoms with Crippen molar-refractivity contribution < 1.29 is 14.2 Å². The van der Waals surface area contributed by atoms with Crippen molar-refractivity contribution in [3.05, 3.63) is 108 Å². The van der Waals surface area contributed by atoms with E-state index in [1.807, 2.05) is 39.0 Å². The van der Waals surface area contributed by atoms with E-state index in [9.17, 15) is 0 Å². The average molecular weight is 428 g/mol. The van der Waals surface area contributed by atoms with Crippen molar-refractivity contribution in [2.75, 3.05) is 6.61 Å². The Bertz CT molecular complexity index is 983. The molecule has 0 spiro atoms. The summed E-state index contributed by atoms with van der Waals surface area (Å²) in [6.45, 7) is 6.34. The highest BCUT2D eigenvalue weighted by molar-refractivity contribution is 5.89. The molecule has 2 aliphatic rings. The molecular weight excluding hydrogens is 398 g/mol. The van der Waals surface area contributed by atoms with Crippen molar-refractivity contribution in [3.63, 3.8) is 0 Å². The van der Waals surface area contributed by atoms with Crippen LogP contribution in [-0.2, 0) is 19.8 Å². The van der Waals surface area contributed by atoms with Crippen molar-refractivity contribution in [2.45, 2.75) is 50.4 Å². The molecule has 1 fully saturated rings. The standard InChI is InChI=1S/C28H29NO3/c1-20-25-26(32-27(2,3)31-25)24(29-20)19-30-28(21-13-7-4-8-14-21,22-15-9-5-10-16-22)23-17-11-6-12-18-23/h4-18,24-26H,19H2,1-3H3/t24-,25+,26-/m0/s1. The van der Waals surface area contributed by atoms with Crippen molar-refractivity contribution in [3.8, 4) is 0 Å². The maximum absolute atomic E-state index is 6.95. The van der Waals surface area contributed by atoms with Crippen LogP contribution in [0.15, 0.2) is 96.0 Å². The number of nitrogens with zero attached hydrogens (tertiary/aromatic N) is 1. The first-order valence-corrected chi connectivity index (χ1v) is 11.2. The van der Waals surface area contributed by atoms with Gasteiger partial charge in [0, 0.05) is 5.71 Å². The topological polar surface area (TPSA) is 40.0 Å². The van der Waals surface area contributed by atoms with Gasteiger partial charge in [-0.3, -0.25) is 4.99 Å². The third kappa shape index (κ3) is 3.69. The summed E-state index contributed by atoms with van der Waals surface area (Å²) in [5.74, 6) is -0.611. The van der Waals surface area contributed by atoms with E-state index in [4.69, 9.17) is 19.2 Å². The number of hydrogen-bond acceptors (Lipinski definition) is 4. The molecule has 0 amide bonds. The Balaban J connectivity index is 1.57. The van der Waals surface area contributed by atoms with Crippen LogP contribution >= 0.6 is 0 Å². The first-order valence-electron chi connectivity index (χ1n) is 11.2. The van der Waals surface area contributed by atoms with Gasteiger partial charge >= 0.3 is 0 Å². The van der Waals surface area contributed by atoms with Gasteiger partial charge in [0.25, 0.3) is 0 Å². The molecule has 0 aromatic heterocycles. The lowest BCUT2D eigenvalue weighted by molar-refractivity contribution is -0.147. The SMILES string of the molecule is CC1=N[C@@H](COC(c2ccccc2)(c2ccccc2)c2ccccc2)[C@@H]2OC(C)(C)O[C@H]12. The van der Waals surface area contributed by atoms with Gasteiger partial charge in [-0.25, -0.2) is 0 Å². The third-order valence-electron chi connectivity index (χ3n) is 6.30. The summed E-state index contributed by atoms with van der Waals surface area (Å²) in [5, 5.41) is 0. The largest absolute Gasteiger partial charge is 0.359 e. The quantitative estimate of drug-likeness (QED) is 0.497. The second-order valence-electron chi connectivity index (χ2n) is 8.95. The first kappa shape index (κ1) is 21.1. The van der Waals surface area contributed by atoms with Crippen LogP contribution in [0.3, 0.4) is 0 Å². The molecule has 3 aromatic carbocycles. The van der Waals surface area contributed by atoms with E-state index >= 15 is 0 Å². The zero-order chi connectivity index (χ0) is 22.2. The monoisotopic (exact) mass is 427 g/mol. The van der Waals surface area contributed by atoms with Crippen molar-refractivity contribution in [1.29, 1.82) is 0 Å². The molecule has 164 valence electrons. The molecule has 2 heterocycles. The van der Waals surface area contributed by atoms with Crippen molar-refractivity contribution in [2.24, 2.45) is 4.99 Å². The Kier molecular flexibility index (Phi) is 5.46. The molecule has 3 aromatic rings. The molecule has 0 N–H and O–H groups in total. The predicted molar refractivity (Wildman–Crippen MR) is 126 cm³/mol. The van der Waals surface area contributed by atoms with Crippen LogP contribution in [0.1, 0.15) is 37.5 Å². The minimum atomic E-state index is -0.764. The Morgan fingerprint density at radius 3 is 1.72 bits per heavy atom. The molecule has 4 heteroatoms. The number of aliphatic imine (C=N–C) groups is 1. The minimum absolute atomic E-state index is 0.113. The number of hydrogen-bond donors (Lipinski definition) is 0. The molecule has 0 radical (unpaired) electrons. The summed E-state index contributed by atoms with van der Waals surface area (Å²) >= 11 is 0. The fourth-order valence-corrected chi connectivity index (χ4v) is 4.91. The maximum Gasteiger partial charge on any atom is 0.164 e. The van der Waals surface area contributed by atoms with Crippen molar-refractivity contribution in [1.82, 2.24) is 0 Å². The van der Waals surface area contributed by atoms with E-state index < -0.39 is 11.4 Å². The molecule has 0 aliphatic carbocycles. The van der Waals surface area contributed by atoms with Gasteiger partial charge in [-0.15, -0.1) is 0 Å². The normalized spacial score (nSPS) is 24.2. The Hall–Kier alpha value is -2.79. The van der Waals surface area contributed by atoms with Gasteiger partial charge in [0.2, 0.25) is 0 Å². The van der Waals surface area contributed by atoms with Crippen LogP contribution in [0, 0.1) is 0 Å². The van der Waals surface area contributed by atoms with Crippen LogP contribution < -0.4 is 0 Å². The molecule has 5 rings (SSSR count). The predicted octanol–water partition coefficient (Wildman–Crippen LogP) is 5.36. The Labute approximate surface area is 189 Å². The van der Waals surface area contributed by atoms with E-state index in [0.717, 1.165) is 22.4 Å². The van der Waals surface area contributed by atoms with E-state index in [2.05, 4.69) is 72.8 Å². The van der Waals surface area contributed by atoms with Gasteiger partial charge in [-0.2, -0.15) is 0 Å². The fraction of sp³-hybridized carbons (Fsp3) is 0.321. The molecule has 32 heavy (non-hydrogen) atoms. The summed E-state index contributed by atoms with van der Waals surface area (Å²) in [5.41, 5.74) is 3.45. The maximum atomic E-state index is 6.95. The summed E-state index contributed by atoms with van der Waals surface area (Å²) in [6, 6.07) is 31.1. The van der Waals surface area contributed by atoms with Crippen LogP contribution in [0.5, 0.6) is 0 Å². The highest BCUT2D eigenvalue weighted by Gasteiger charge is 2.51. The Morgan fingerprint density at radius 1 is 0.781 bits per heavy atom. The molecule has 2 aliphatic heterocycles. The molecule has 1 saturated heterocycles. The Morgan fingerprint density at radius 2 is 1.25 bits per heavy atom. The average Bonchev–Trinajstić information content (AvgIpc) is 3.29. The second kappa shape index (κ2) is 8.28. The van der Waals surface area contributed by atoms with E-state index in [0.29, 0.717) is 6.61 Å². The lowest BCUT2D eigenvalue weighted by Gasteiger charge is -2.37. The number of ether oxygens (including phenoxy) is 3. The van der Waals surface area contributed by atoms with Gasteiger partial charge in [0.1, 0.15) is 23.9 Å². The molecule has 3 atom stereocenters. The molecular formula is C28H29NO3. The number of benzene rings is 3. The highest BCUT2D eigenvalue weighted by Crippen LogP contribution is 2.42. The van der Waals surface area contributed by atoms with Crippen LogP contribution in [-0.4, -0.2) is 36.4 Å². The van der Waals surface area contributed by atoms with Crippen molar-refractivity contribution >= 4 is 5.71 Å². The van der Waals surface area contributed by atoms with E-state index in [1.165, 1.54) is 0 Å². The van der Waals surface area contributed by atoms with E-state index in [-0.39, 0.29) is 18.2 Å². The number of fused-ring (bicyclic) bond motifs is 1. The van der Waals surface area contributed by atoms with Crippen LogP contribution in [0.2, 0.25) is 0 Å². The fourth-order valence-electron chi connectivity index (χ4n) is 4.91. The third-order valence-corrected chi connectivity index (χ3v) is 6.30. The van der Waals surface area contributed by atoms with Gasteiger partial charge in [-0.1, -0.05) is 91.0 Å². The van der Waals surface area contributed by atoms with Crippen LogP contribution in [0.25, 0.3) is 0 Å². The van der Waals surface area contributed by atoms with Gasteiger partial charge < -0.3 is 14.2 Å². The zero-order valence-corrected chi connectivity index (χ0v) is 18.8. The lowest BCUT2D eigenvalue weighted by atomic mass is 9.80. The number of rotatable bonds is 6.